The number of rotatable bonds is 9. The van der Waals surface area contributed by atoms with E-state index in [9.17, 15) is 9.59 Å². The van der Waals surface area contributed by atoms with Gasteiger partial charge in [0.05, 0.1) is 12.5 Å². The van der Waals surface area contributed by atoms with Crippen molar-refractivity contribution in [3.05, 3.63) is 5.51 Å². The summed E-state index contributed by atoms with van der Waals surface area (Å²) in [7, 11) is 0. The summed E-state index contributed by atoms with van der Waals surface area (Å²) < 4.78 is 5.39. The van der Waals surface area contributed by atoms with Gasteiger partial charge in [-0.1, -0.05) is 43.9 Å². The second kappa shape index (κ2) is 7.67. The van der Waals surface area contributed by atoms with Gasteiger partial charge in [-0.2, -0.15) is 0 Å². The zero-order chi connectivity index (χ0) is 16.0. The number of aromatic nitrogens is 2. The first-order valence-corrected chi connectivity index (χ1v) is 8.69. The van der Waals surface area contributed by atoms with Crippen LogP contribution in [0, 0.1) is 5.92 Å². The molecule has 22 heavy (non-hydrogen) atoms. The predicted octanol–water partition coefficient (Wildman–Crippen LogP) is 2.81. The molecule has 1 aromatic rings. The SMILES string of the molecule is CCCCCC[C@H]1C[C@](C)(C(=O)CNc2nncs2)OC1=O. The van der Waals surface area contributed by atoms with Gasteiger partial charge in [0.1, 0.15) is 5.51 Å². The Morgan fingerprint density at radius 2 is 2.32 bits per heavy atom. The largest absolute Gasteiger partial charge is 0.451 e. The number of ketones is 1. The van der Waals surface area contributed by atoms with Crippen LogP contribution in [0.3, 0.4) is 0 Å². The molecule has 6 nitrogen and oxygen atoms in total. The van der Waals surface area contributed by atoms with Crippen molar-refractivity contribution in [2.45, 2.75) is 58.0 Å². The molecule has 0 amide bonds. The van der Waals surface area contributed by atoms with Crippen LogP contribution in [0.2, 0.25) is 0 Å². The van der Waals surface area contributed by atoms with Gasteiger partial charge in [-0.05, 0) is 13.3 Å². The van der Waals surface area contributed by atoms with Crippen LogP contribution in [0.15, 0.2) is 5.51 Å². The van der Waals surface area contributed by atoms with Crippen molar-refractivity contribution in [1.29, 1.82) is 0 Å². The third-order valence-electron chi connectivity index (χ3n) is 4.05. The summed E-state index contributed by atoms with van der Waals surface area (Å²) in [4.78, 5) is 24.3. The molecule has 0 saturated carbocycles. The lowest BCUT2D eigenvalue weighted by atomic mass is 9.89. The summed E-state index contributed by atoms with van der Waals surface area (Å²) in [6, 6.07) is 0. The molecule has 1 N–H and O–H groups in total. The quantitative estimate of drug-likeness (QED) is 0.555. The van der Waals surface area contributed by atoms with E-state index in [1.165, 1.54) is 24.2 Å². The number of anilines is 1. The highest BCUT2D eigenvalue weighted by Crippen LogP contribution is 2.34. The number of esters is 1. The number of nitrogens with one attached hydrogen (secondary N) is 1. The highest BCUT2D eigenvalue weighted by Gasteiger charge is 2.47. The molecule has 1 aromatic heterocycles. The smallest absolute Gasteiger partial charge is 0.310 e. The zero-order valence-electron chi connectivity index (χ0n) is 13.1. The van der Waals surface area contributed by atoms with Gasteiger partial charge in [0.2, 0.25) is 5.13 Å². The number of carbonyl (C=O) groups excluding carboxylic acids is 2. The van der Waals surface area contributed by atoms with Crippen molar-refractivity contribution in [3.63, 3.8) is 0 Å². The fourth-order valence-corrected chi connectivity index (χ4v) is 3.15. The van der Waals surface area contributed by atoms with Gasteiger partial charge in [0.25, 0.3) is 0 Å². The molecule has 1 aliphatic rings. The maximum Gasteiger partial charge on any atom is 0.310 e. The molecule has 2 heterocycles. The number of carbonyl (C=O) groups is 2. The molecule has 0 aromatic carbocycles. The summed E-state index contributed by atoms with van der Waals surface area (Å²) in [6.45, 7) is 3.97. The van der Waals surface area contributed by atoms with Crippen LogP contribution in [-0.4, -0.2) is 34.1 Å². The van der Waals surface area contributed by atoms with E-state index < -0.39 is 5.60 Å². The molecule has 7 heteroatoms. The number of ether oxygens (including phenoxy) is 1. The molecular weight excluding hydrogens is 302 g/mol. The second-order valence-corrected chi connectivity index (χ2v) is 6.76. The van der Waals surface area contributed by atoms with Crippen LogP contribution in [-0.2, 0) is 14.3 Å². The summed E-state index contributed by atoms with van der Waals surface area (Å²) in [5.41, 5.74) is 0.584. The minimum Gasteiger partial charge on any atom is -0.451 e. The summed E-state index contributed by atoms with van der Waals surface area (Å²) in [5.74, 6) is -0.497. The highest BCUT2D eigenvalue weighted by atomic mass is 32.1. The maximum atomic E-state index is 12.3. The van der Waals surface area contributed by atoms with Gasteiger partial charge in [0.15, 0.2) is 11.4 Å². The van der Waals surface area contributed by atoms with Gasteiger partial charge in [-0.3, -0.25) is 9.59 Å². The minimum absolute atomic E-state index is 0.0987. The van der Waals surface area contributed by atoms with E-state index in [1.807, 2.05) is 0 Å². The van der Waals surface area contributed by atoms with Crippen LogP contribution in [0.4, 0.5) is 5.13 Å². The van der Waals surface area contributed by atoms with Crippen LogP contribution < -0.4 is 5.32 Å². The van der Waals surface area contributed by atoms with Crippen molar-refractivity contribution in [2.24, 2.45) is 5.92 Å². The monoisotopic (exact) mass is 325 g/mol. The molecule has 0 unspecified atom stereocenters. The molecule has 0 radical (unpaired) electrons. The summed E-state index contributed by atoms with van der Waals surface area (Å²) in [5, 5.41) is 11.0. The maximum absolute atomic E-state index is 12.3. The van der Waals surface area contributed by atoms with Crippen molar-refractivity contribution in [2.75, 3.05) is 11.9 Å². The second-order valence-electron chi connectivity index (χ2n) is 5.92. The Morgan fingerprint density at radius 1 is 1.50 bits per heavy atom. The van der Waals surface area contributed by atoms with Gasteiger partial charge in [-0.15, -0.1) is 10.2 Å². The van der Waals surface area contributed by atoms with E-state index in [-0.39, 0.29) is 24.2 Å². The van der Waals surface area contributed by atoms with E-state index in [0.717, 1.165) is 19.3 Å². The fraction of sp³-hybridized carbons (Fsp3) is 0.733. The van der Waals surface area contributed by atoms with Crippen molar-refractivity contribution >= 4 is 28.2 Å². The zero-order valence-corrected chi connectivity index (χ0v) is 13.9. The number of cyclic esters (lactones) is 1. The minimum atomic E-state index is -1.01. The first-order chi connectivity index (χ1) is 10.5. The van der Waals surface area contributed by atoms with E-state index in [2.05, 4.69) is 22.4 Å². The van der Waals surface area contributed by atoms with Gasteiger partial charge in [0, 0.05) is 6.42 Å². The molecule has 0 aliphatic carbocycles. The van der Waals surface area contributed by atoms with E-state index in [4.69, 9.17) is 4.74 Å². The fourth-order valence-electron chi connectivity index (χ4n) is 2.70. The Morgan fingerprint density at radius 3 is 3.00 bits per heavy atom. The lowest BCUT2D eigenvalue weighted by Gasteiger charge is -2.20. The van der Waals surface area contributed by atoms with Crippen LogP contribution >= 0.6 is 11.3 Å². The van der Waals surface area contributed by atoms with Crippen molar-refractivity contribution in [1.82, 2.24) is 10.2 Å². The first kappa shape index (κ1) is 16.9. The molecule has 1 fully saturated rings. The van der Waals surface area contributed by atoms with Crippen LogP contribution in [0.1, 0.15) is 52.4 Å². The normalized spacial score (nSPS) is 24.3. The average molecular weight is 325 g/mol. The summed E-state index contributed by atoms with van der Waals surface area (Å²) >= 11 is 1.33. The molecule has 1 saturated heterocycles. The Kier molecular flexibility index (Phi) is 5.88. The molecule has 0 spiro atoms. The lowest BCUT2D eigenvalue weighted by molar-refractivity contribution is -0.156. The third-order valence-corrected chi connectivity index (χ3v) is 4.70. The Bertz CT molecular complexity index is 506. The Hall–Kier alpha value is -1.50. The standard InChI is InChI=1S/C15H23N3O3S/c1-3-4-5-6-7-11-8-15(2,21-13(11)20)12(19)9-16-14-18-17-10-22-14/h10-11H,3-9H2,1-2H3,(H,16,18)/t11-,15+/m0/s1. The summed E-state index contributed by atoms with van der Waals surface area (Å²) in [6.07, 6.45) is 5.79. The molecular formula is C15H23N3O3S. The molecule has 122 valence electrons. The number of hydrogen-bond acceptors (Lipinski definition) is 7. The third kappa shape index (κ3) is 4.25. The molecule has 1 aliphatic heterocycles. The molecule has 2 rings (SSSR count). The topological polar surface area (TPSA) is 81.2 Å². The van der Waals surface area contributed by atoms with Crippen LogP contribution in [0.25, 0.3) is 0 Å². The van der Waals surface area contributed by atoms with Crippen molar-refractivity contribution < 1.29 is 14.3 Å². The Balaban J connectivity index is 1.82. The number of hydrogen-bond donors (Lipinski definition) is 1. The number of Topliss-reactive ketones (excluding diaryl/α,β-unsaturated/α-hetero) is 1. The first-order valence-electron chi connectivity index (χ1n) is 7.81. The van der Waals surface area contributed by atoms with Gasteiger partial charge < -0.3 is 10.1 Å². The Labute approximate surface area is 134 Å². The van der Waals surface area contributed by atoms with E-state index in [0.29, 0.717) is 11.6 Å². The molecule has 0 bridgehead atoms. The van der Waals surface area contributed by atoms with Crippen LogP contribution in [0.5, 0.6) is 0 Å². The number of unbranched alkanes of at least 4 members (excludes halogenated alkanes) is 3. The van der Waals surface area contributed by atoms with Gasteiger partial charge >= 0.3 is 5.97 Å². The van der Waals surface area contributed by atoms with E-state index >= 15 is 0 Å². The number of nitrogens with zero attached hydrogens (tertiary/aromatic N) is 2. The van der Waals surface area contributed by atoms with E-state index in [1.54, 1.807) is 12.4 Å². The lowest BCUT2D eigenvalue weighted by Crippen LogP contribution is -2.39. The van der Waals surface area contributed by atoms with Gasteiger partial charge in [-0.25, -0.2) is 0 Å². The predicted molar refractivity (Wildman–Crippen MR) is 84.8 cm³/mol. The highest BCUT2D eigenvalue weighted by molar-refractivity contribution is 7.13. The molecule has 2 atom stereocenters. The van der Waals surface area contributed by atoms with Crippen molar-refractivity contribution in [3.8, 4) is 0 Å². The average Bonchev–Trinajstić information content (AvgIpc) is 3.10.